The Morgan fingerprint density at radius 2 is 1.51 bits per heavy atom. The van der Waals surface area contributed by atoms with Gasteiger partial charge in [0.25, 0.3) is 0 Å². The summed E-state index contributed by atoms with van der Waals surface area (Å²) in [6, 6.07) is 8.34. The molecule has 10 nitrogen and oxygen atoms in total. The highest BCUT2D eigenvalue weighted by Gasteiger charge is 2.49. The summed E-state index contributed by atoms with van der Waals surface area (Å²) in [6.07, 6.45) is 3.93. The number of carbonyl (C=O) groups is 1. The quantitative estimate of drug-likeness (QED) is 0.0661. The fourth-order valence-corrected chi connectivity index (χ4v) is 5.30. The summed E-state index contributed by atoms with van der Waals surface area (Å²) in [5, 5.41) is 4.04. The van der Waals surface area contributed by atoms with Gasteiger partial charge in [-0.05, 0) is 63.1 Å². The van der Waals surface area contributed by atoms with Gasteiger partial charge in [0.05, 0.1) is 17.7 Å². The van der Waals surface area contributed by atoms with Gasteiger partial charge in [-0.15, -0.1) is 0 Å². The van der Waals surface area contributed by atoms with E-state index in [1.165, 1.54) is 0 Å². The Morgan fingerprint density at radius 3 is 2.12 bits per heavy atom. The average Bonchev–Trinajstić information content (AvgIpc) is 2.98. The molecule has 2 fully saturated rings. The normalized spacial score (nSPS) is 30.0. The van der Waals surface area contributed by atoms with Crippen molar-refractivity contribution < 1.29 is 33.2 Å². The van der Waals surface area contributed by atoms with Crippen LogP contribution in [0.4, 0.5) is 0 Å². The van der Waals surface area contributed by atoms with Crippen LogP contribution in [-0.2, 0) is 28.4 Å². The molecule has 1 aliphatic heterocycles. The number of carbonyl (C=O) groups excluding carboxylic acids is 1. The number of azide groups is 1. The summed E-state index contributed by atoms with van der Waals surface area (Å²) in [5.41, 5.74) is 9.78. The zero-order valence-electron chi connectivity index (χ0n) is 25.2. The maximum absolute atomic E-state index is 13.0. The molecule has 230 valence electrons. The van der Waals surface area contributed by atoms with Crippen molar-refractivity contribution in [3.63, 3.8) is 0 Å². The highest BCUT2D eigenvalue weighted by molar-refractivity contribution is 5.89. The number of esters is 1. The van der Waals surface area contributed by atoms with Gasteiger partial charge in [0, 0.05) is 24.7 Å². The van der Waals surface area contributed by atoms with Crippen LogP contribution in [0.3, 0.4) is 0 Å². The molecule has 2 aliphatic rings. The van der Waals surface area contributed by atoms with Crippen molar-refractivity contribution in [2.24, 2.45) is 5.11 Å². The molecular formula is C31H49N3O7. The molecule has 1 aliphatic carbocycles. The first-order chi connectivity index (χ1) is 20.0. The van der Waals surface area contributed by atoms with Crippen LogP contribution >= 0.6 is 0 Å². The van der Waals surface area contributed by atoms with E-state index in [0.29, 0.717) is 38.2 Å². The Morgan fingerprint density at radius 1 is 0.902 bits per heavy atom. The first-order valence-corrected chi connectivity index (χ1v) is 15.5. The van der Waals surface area contributed by atoms with Crippen molar-refractivity contribution in [2.75, 3.05) is 19.8 Å². The number of rotatable bonds is 17. The molecular weight excluding hydrogens is 526 g/mol. The van der Waals surface area contributed by atoms with E-state index in [4.69, 9.17) is 28.4 Å². The van der Waals surface area contributed by atoms with Gasteiger partial charge in [-0.25, -0.2) is 4.79 Å². The predicted octanol–water partition coefficient (Wildman–Crippen LogP) is 6.76. The fraction of sp³-hybridized carbons (Fsp3) is 0.774. The van der Waals surface area contributed by atoms with E-state index < -0.39 is 42.7 Å². The van der Waals surface area contributed by atoms with Crippen LogP contribution < -0.4 is 0 Å². The molecule has 4 unspecified atom stereocenters. The zero-order valence-corrected chi connectivity index (χ0v) is 25.2. The third-order valence-corrected chi connectivity index (χ3v) is 7.65. The van der Waals surface area contributed by atoms with Gasteiger partial charge in [-0.2, -0.15) is 0 Å². The highest BCUT2D eigenvalue weighted by Crippen LogP contribution is 2.34. The largest absolute Gasteiger partial charge is 0.456 e. The smallest absolute Gasteiger partial charge is 0.338 e. The van der Waals surface area contributed by atoms with Crippen LogP contribution in [0.1, 0.15) is 95.8 Å². The van der Waals surface area contributed by atoms with Crippen LogP contribution in [-0.4, -0.2) is 74.7 Å². The van der Waals surface area contributed by atoms with Crippen LogP contribution in [0, 0.1) is 0 Å². The average molecular weight is 576 g/mol. The third kappa shape index (κ3) is 9.94. The van der Waals surface area contributed by atoms with E-state index in [2.05, 4.69) is 30.8 Å². The Balaban J connectivity index is 1.87. The Labute approximate surface area is 245 Å². The molecule has 0 aromatic heterocycles. The minimum Gasteiger partial charge on any atom is -0.456 e. The number of ether oxygens (including phenoxy) is 6. The lowest BCUT2D eigenvalue weighted by atomic mass is 9.89. The van der Waals surface area contributed by atoms with Gasteiger partial charge in [0.15, 0.2) is 6.29 Å². The second kappa shape index (κ2) is 18.4. The standard InChI is InChI=1S/C31H49N3O7/c1-5-8-19-36-26-22(4)39-31(29(38-21-10-7-3)28(26)37-20-9-6-2)41-27-24(33-34-32)17-14-18-25(27)40-30(35)23-15-12-11-13-16-23/h11-13,15-16,22,24-29,31H,5-10,14,17-21H2,1-4H3/t22?,24?,25-,26-,27-,28?,29?,31+/m1/s1. The number of nitrogens with zero attached hydrogens (tertiary/aromatic N) is 3. The predicted molar refractivity (Wildman–Crippen MR) is 156 cm³/mol. The number of unbranched alkanes of at least 4 members (excludes halogenated alkanes) is 3. The fourth-order valence-electron chi connectivity index (χ4n) is 5.30. The van der Waals surface area contributed by atoms with Crippen LogP contribution in [0.25, 0.3) is 10.4 Å². The number of benzene rings is 1. The van der Waals surface area contributed by atoms with Gasteiger partial charge in [-0.3, -0.25) is 0 Å². The second-order valence-corrected chi connectivity index (χ2v) is 10.9. The Kier molecular flexibility index (Phi) is 14.9. The summed E-state index contributed by atoms with van der Waals surface area (Å²) >= 11 is 0. The van der Waals surface area contributed by atoms with E-state index in [1.807, 2.05) is 13.0 Å². The van der Waals surface area contributed by atoms with Gasteiger partial charge in [0.1, 0.15) is 30.5 Å². The van der Waals surface area contributed by atoms with Crippen LogP contribution in [0.2, 0.25) is 0 Å². The highest BCUT2D eigenvalue weighted by atomic mass is 16.7. The van der Waals surface area contributed by atoms with Gasteiger partial charge in [-0.1, -0.05) is 63.3 Å². The first-order valence-electron chi connectivity index (χ1n) is 15.5. The molecule has 0 radical (unpaired) electrons. The Hall–Kier alpha value is -2.20. The molecule has 8 atom stereocenters. The minimum absolute atomic E-state index is 0.323. The number of hydrogen-bond acceptors (Lipinski definition) is 8. The topological polar surface area (TPSA) is 121 Å². The minimum atomic E-state index is -0.822. The van der Waals surface area contributed by atoms with Gasteiger partial charge < -0.3 is 28.4 Å². The summed E-state index contributed by atoms with van der Waals surface area (Å²) < 4.78 is 38.2. The summed E-state index contributed by atoms with van der Waals surface area (Å²) in [7, 11) is 0. The lowest BCUT2D eigenvalue weighted by molar-refractivity contribution is -0.331. The lowest BCUT2D eigenvalue weighted by Crippen LogP contribution is -2.62. The molecule has 10 heteroatoms. The Bertz CT molecular complexity index is 930. The maximum Gasteiger partial charge on any atom is 0.338 e. The van der Waals surface area contributed by atoms with Crippen molar-refractivity contribution >= 4 is 5.97 Å². The molecule has 0 spiro atoms. The molecule has 0 bridgehead atoms. The molecule has 1 saturated heterocycles. The summed E-state index contributed by atoms with van der Waals surface area (Å²) in [6.45, 7) is 10.0. The molecule has 41 heavy (non-hydrogen) atoms. The summed E-state index contributed by atoms with van der Waals surface area (Å²) in [4.78, 5) is 16.1. The second-order valence-electron chi connectivity index (χ2n) is 10.9. The molecule has 0 amide bonds. The van der Waals surface area contributed by atoms with E-state index in [1.54, 1.807) is 24.3 Å². The van der Waals surface area contributed by atoms with Crippen LogP contribution in [0.15, 0.2) is 35.4 Å². The van der Waals surface area contributed by atoms with Gasteiger partial charge in [0.2, 0.25) is 0 Å². The van der Waals surface area contributed by atoms with Crippen molar-refractivity contribution in [3.05, 3.63) is 46.3 Å². The molecule has 0 N–H and O–H groups in total. The van der Waals surface area contributed by atoms with Crippen molar-refractivity contribution in [3.8, 4) is 0 Å². The summed E-state index contributed by atoms with van der Waals surface area (Å²) in [5.74, 6) is -0.440. The SMILES string of the molecule is CCCCOC1C(OCCCC)[C@H](OCCCC)C(C)O[C@H]1O[C@@H]1C(N=[N+]=[N-])CCC[C@H]1OC(=O)c1ccccc1. The zero-order chi connectivity index (χ0) is 29.5. The molecule has 3 rings (SSSR count). The van der Waals surface area contributed by atoms with E-state index in [0.717, 1.165) is 44.9 Å². The lowest BCUT2D eigenvalue weighted by Gasteiger charge is -2.47. The molecule has 1 aromatic carbocycles. The molecule has 1 heterocycles. The van der Waals surface area contributed by atoms with Crippen LogP contribution in [0.5, 0.6) is 0 Å². The van der Waals surface area contributed by atoms with E-state index in [9.17, 15) is 10.3 Å². The molecule has 1 saturated carbocycles. The first kappa shape index (κ1) is 33.3. The van der Waals surface area contributed by atoms with Crippen molar-refractivity contribution in [1.82, 2.24) is 0 Å². The maximum atomic E-state index is 13.0. The third-order valence-electron chi connectivity index (χ3n) is 7.65. The molecule has 1 aromatic rings. The van der Waals surface area contributed by atoms with E-state index >= 15 is 0 Å². The van der Waals surface area contributed by atoms with Gasteiger partial charge >= 0.3 is 5.97 Å². The van der Waals surface area contributed by atoms with E-state index in [-0.39, 0.29) is 12.2 Å². The van der Waals surface area contributed by atoms with Crippen molar-refractivity contribution in [2.45, 2.75) is 134 Å². The monoisotopic (exact) mass is 575 g/mol. The van der Waals surface area contributed by atoms with Crippen molar-refractivity contribution in [1.29, 1.82) is 0 Å². The number of hydrogen-bond donors (Lipinski definition) is 0.